The number of carbonyl (C=O) groups is 1. The SMILES string of the molecule is COc1ccc(NC(=O)C(C)Sc2cccc(OC)c2)cc1. The molecular weight excluding hydrogens is 298 g/mol. The number of benzene rings is 2. The van der Waals surface area contributed by atoms with E-state index in [1.807, 2.05) is 55.5 Å². The van der Waals surface area contributed by atoms with E-state index >= 15 is 0 Å². The minimum atomic E-state index is -0.214. The molecule has 0 aliphatic heterocycles. The summed E-state index contributed by atoms with van der Waals surface area (Å²) in [5, 5.41) is 2.68. The van der Waals surface area contributed by atoms with Crippen molar-refractivity contribution in [3.05, 3.63) is 48.5 Å². The number of rotatable bonds is 6. The first-order chi connectivity index (χ1) is 10.6. The molecular formula is C17H19NO3S. The third-order valence-electron chi connectivity index (χ3n) is 3.08. The first-order valence-corrected chi connectivity index (χ1v) is 7.76. The van der Waals surface area contributed by atoms with E-state index in [1.54, 1.807) is 14.2 Å². The van der Waals surface area contributed by atoms with Crippen LogP contribution >= 0.6 is 11.8 Å². The molecule has 0 radical (unpaired) electrons. The summed E-state index contributed by atoms with van der Waals surface area (Å²) in [5.41, 5.74) is 0.754. The van der Waals surface area contributed by atoms with Gasteiger partial charge >= 0.3 is 0 Å². The standard InChI is InChI=1S/C17H19NO3S/c1-12(22-16-6-4-5-15(11-16)21-3)17(19)18-13-7-9-14(20-2)10-8-13/h4-12H,1-3H3,(H,18,19). The summed E-state index contributed by atoms with van der Waals surface area (Å²) in [5.74, 6) is 1.50. The van der Waals surface area contributed by atoms with Crippen LogP contribution in [0.2, 0.25) is 0 Å². The number of anilines is 1. The molecule has 1 amide bonds. The molecule has 1 unspecified atom stereocenters. The number of carbonyl (C=O) groups excluding carboxylic acids is 1. The predicted octanol–water partition coefficient (Wildman–Crippen LogP) is 3.82. The highest BCUT2D eigenvalue weighted by Gasteiger charge is 2.15. The van der Waals surface area contributed by atoms with Gasteiger partial charge in [0, 0.05) is 10.6 Å². The lowest BCUT2D eigenvalue weighted by molar-refractivity contribution is -0.115. The fourth-order valence-corrected chi connectivity index (χ4v) is 2.77. The summed E-state index contributed by atoms with van der Waals surface area (Å²) in [6.07, 6.45) is 0. The first-order valence-electron chi connectivity index (χ1n) is 6.88. The molecule has 0 aliphatic rings. The molecule has 0 spiro atoms. The molecule has 1 atom stereocenters. The largest absolute Gasteiger partial charge is 0.497 e. The lowest BCUT2D eigenvalue weighted by Crippen LogP contribution is -2.22. The topological polar surface area (TPSA) is 47.6 Å². The number of hydrogen-bond donors (Lipinski definition) is 1. The highest BCUT2D eigenvalue weighted by Crippen LogP contribution is 2.27. The van der Waals surface area contributed by atoms with E-state index in [2.05, 4.69) is 5.32 Å². The van der Waals surface area contributed by atoms with Crippen LogP contribution in [0.3, 0.4) is 0 Å². The van der Waals surface area contributed by atoms with Gasteiger partial charge in [0.25, 0.3) is 0 Å². The molecule has 0 saturated carbocycles. The maximum absolute atomic E-state index is 12.2. The third kappa shape index (κ3) is 4.43. The van der Waals surface area contributed by atoms with E-state index < -0.39 is 0 Å². The Hall–Kier alpha value is -2.14. The van der Waals surface area contributed by atoms with Crippen LogP contribution in [0.25, 0.3) is 0 Å². The van der Waals surface area contributed by atoms with Gasteiger partial charge in [-0.1, -0.05) is 6.07 Å². The monoisotopic (exact) mass is 317 g/mol. The van der Waals surface area contributed by atoms with E-state index in [1.165, 1.54) is 11.8 Å². The second-order valence-electron chi connectivity index (χ2n) is 4.66. The minimum Gasteiger partial charge on any atom is -0.497 e. The van der Waals surface area contributed by atoms with Gasteiger partial charge in [0.1, 0.15) is 11.5 Å². The Morgan fingerprint density at radius 2 is 1.73 bits per heavy atom. The molecule has 0 aliphatic carbocycles. The normalized spacial score (nSPS) is 11.6. The van der Waals surface area contributed by atoms with Crippen molar-refractivity contribution in [1.82, 2.24) is 0 Å². The average Bonchev–Trinajstić information content (AvgIpc) is 2.55. The van der Waals surface area contributed by atoms with Crippen LogP contribution in [0.5, 0.6) is 11.5 Å². The van der Waals surface area contributed by atoms with Crippen molar-refractivity contribution >= 4 is 23.4 Å². The van der Waals surface area contributed by atoms with Crippen LogP contribution in [0.4, 0.5) is 5.69 Å². The Morgan fingerprint density at radius 1 is 1.05 bits per heavy atom. The lowest BCUT2D eigenvalue weighted by Gasteiger charge is -2.13. The lowest BCUT2D eigenvalue weighted by atomic mass is 10.3. The van der Waals surface area contributed by atoms with Crippen LogP contribution in [-0.4, -0.2) is 25.4 Å². The van der Waals surface area contributed by atoms with Crippen molar-refractivity contribution in [2.24, 2.45) is 0 Å². The van der Waals surface area contributed by atoms with Gasteiger partial charge < -0.3 is 14.8 Å². The molecule has 2 aromatic rings. The second kappa shape index (κ2) is 7.75. The van der Waals surface area contributed by atoms with Gasteiger partial charge in [-0.2, -0.15) is 0 Å². The van der Waals surface area contributed by atoms with Crippen LogP contribution in [0, 0.1) is 0 Å². The van der Waals surface area contributed by atoms with Crippen molar-refractivity contribution in [3.63, 3.8) is 0 Å². The molecule has 0 saturated heterocycles. The minimum absolute atomic E-state index is 0.0435. The van der Waals surface area contributed by atoms with E-state index in [9.17, 15) is 4.79 Å². The van der Waals surface area contributed by atoms with E-state index in [4.69, 9.17) is 9.47 Å². The molecule has 22 heavy (non-hydrogen) atoms. The van der Waals surface area contributed by atoms with Gasteiger partial charge in [-0.15, -0.1) is 11.8 Å². The molecule has 2 rings (SSSR count). The molecule has 0 heterocycles. The zero-order chi connectivity index (χ0) is 15.9. The van der Waals surface area contributed by atoms with Crippen molar-refractivity contribution in [2.75, 3.05) is 19.5 Å². The van der Waals surface area contributed by atoms with Gasteiger partial charge in [-0.25, -0.2) is 0 Å². The fraction of sp³-hybridized carbons (Fsp3) is 0.235. The fourth-order valence-electron chi connectivity index (χ4n) is 1.85. The quantitative estimate of drug-likeness (QED) is 0.823. The first kappa shape index (κ1) is 16.2. The molecule has 0 aromatic heterocycles. The van der Waals surface area contributed by atoms with Crippen molar-refractivity contribution in [1.29, 1.82) is 0 Å². The Balaban J connectivity index is 1.96. The van der Waals surface area contributed by atoms with E-state index in [-0.39, 0.29) is 11.2 Å². The van der Waals surface area contributed by atoms with Crippen LogP contribution < -0.4 is 14.8 Å². The molecule has 116 valence electrons. The highest BCUT2D eigenvalue weighted by molar-refractivity contribution is 8.00. The van der Waals surface area contributed by atoms with Gasteiger partial charge in [-0.3, -0.25) is 4.79 Å². The number of methoxy groups -OCH3 is 2. The summed E-state index contributed by atoms with van der Waals surface area (Å²) in [4.78, 5) is 13.2. The predicted molar refractivity (Wildman–Crippen MR) is 89.9 cm³/mol. The number of thioether (sulfide) groups is 1. The van der Waals surface area contributed by atoms with Gasteiger partial charge in [-0.05, 0) is 49.4 Å². The van der Waals surface area contributed by atoms with Gasteiger partial charge in [0.15, 0.2) is 0 Å². The molecule has 1 N–H and O–H groups in total. The number of ether oxygens (including phenoxy) is 2. The summed E-state index contributed by atoms with van der Waals surface area (Å²) in [6.45, 7) is 1.88. The van der Waals surface area contributed by atoms with E-state index in [0.717, 1.165) is 22.1 Å². The van der Waals surface area contributed by atoms with Crippen LogP contribution in [0.15, 0.2) is 53.4 Å². The molecule has 2 aromatic carbocycles. The van der Waals surface area contributed by atoms with Crippen LogP contribution in [-0.2, 0) is 4.79 Å². The Morgan fingerprint density at radius 3 is 2.36 bits per heavy atom. The zero-order valence-corrected chi connectivity index (χ0v) is 13.6. The Labute approximate surface area is 134 Å². The summed E-state index contributed by atoms with van der Waals surface area (Å²) >= 11 is 1.49. The summed E-state index contributed by atoms with van der Waals surface area (Å²) in [7, 11) is 3.24. The van der Waals surface area contributed by atoms with Crippen molar-refractivity contribution in [3.8, 4) is 11.5 Å². The van der Waals surface area contributed by atoms with Crippen molar-refractivity contribution in [2.45, 2.75) is 17.1 Å². The molecule has 0 bridgehead atoms. The molecule has 4 nitrogen and oxygen atoms in total. The number of nitrogens with one attached hydrogen (secondary N) is 1. The number of hydrogen-bond acceptors (Lipinski definition) is 4. The maximum atomic E-state index is 12.2. The van der Waals surface area contributed by atoms with E-state index in [0.29, 0.717) is 0 Å². The zero-order valence-electron chi connectivity index (χ0n) is 12.8. The Bertz CT molecular complexity index is 628. The Kier molecular flexibility index (Phi) is 5.72. The summed E-state index contributed by atoms with van der Waals surface area (Å²) in [6, 6.07) is 14.9. The highest BCUT2D eigenvalue weighted by atomic mass is 32.2. The molecule has 0 fully saturated rings. The van der Waals surface area contributed by atoms with Gasteiger partial charge in [0.05, 0.1) is 19.5 Å². The van der Waals surface area contributed by atoms with Crippen molar-refractivity contribution < 1.29 is 14.3 Å². The smallest absolute Gasteiger partial charge is 0.237 e. The summed E-state index contributed by atoms with van der Waals surface area (Å²) < 4.78 is 10.3. The molecule has 5 heteroatoms. The van der Waals surface area contributed by atoms with Gasteiger partial charge in [0.2, 0.25) is 5.91 Å². The average molecular weight is 317 g/mol. The van der Waals surface area contributed by atoms with Crippen LogP contribution in [0.1, 0.15) is 6.92 Å². The maximum Gasteiger partial charge on any atom is 0.237 e. The number of amides is 1. The second-order valence-corrected chi connectivity index (χ2v) is 6.07. The third-order valence-corrected chi connectivity index (χ3v) is 4.17.